The van der Waals surface area contributed by atoms with E-state index in [4.69, 9.17) is 16.3 Å². The summed E-state index contributed by atoms with van der Waals surface area (Å²) in [7, 11) is 1.65. The minimum atomic E-state index is 0.434. The lowest BCUT2D eigenvalue weighted by atomic mass is 10.3. The number of hydrogen-bond donors (Lipinski definition) is 0. The molecular weight excluding hydrogens is 212 g/mol. The van der Waals surface area contributed by atoms with Crippen LogP contribution in [0, 0.1) is 0 Å². The maximum atomic E-state index is 5.68. The molecule has 0 fully saturated rings. The Morgan fingerprint density at radius 1 is 1.27 bits per heavy atom. The van der Waals surface area contributed by atoms with Crippen LogP contribution in [0.2, 0.25) is 0 Å². The zero-order valence-corrected chi connectivity index (χ0v) is 9.11. The summed E-state index contributed by atoms with van der Waals surface area (Å²) in [5.41, 5.74) is 1.86. The van der Waals surface area contributed by atoms with Gasteiger partial charge in [0.05, 0.1) is 24.4 Å². The zero-order valence-electron chi connectivity index (χ0n) is 8.35. The fraction of sp³-hybridized carbons (Fsp3) is 0.182. The van der Waals surface area contributed by atoms with Gasteiger partial charge in [-0.3, -0.25) is 0 Å². The molecule has 0 spiro atoms. The van der Waals surface area contributed by atoms with Gasteiger partial charge in [-0.15, -0.1) is 11.6 Å². The highest BCUT2D eigenvalue weighted by atomic mass is 35.5. The van der Waals surface area contributed by atoms with E-state index in [9.17, 15) is 0 Å². The van der Waals surface area contributed by atoms with Crippen LogP contribution < -0.4 is 4.74 Å². The van der Waals surface area contributed by atoms with Crippen LogP contribution in [-0.4, -0.2) is 16.9 Å². The predicted molar refractivity (Wildman–Crippen MR) is 59.7 cm³/mol. The molecule has 1 aromatic heterocycles. The van der Waals surface area contributed by atoms with E-state index >= 15 is 0 Å². The van der Waals surface area contributed by atoms with Gasteiger partial charge in [0.1, 0.15) is 5.75 Å². The second-order valence-corrected chi connectivity index (χ2v) is 3.35. The molecule has 0 radical (unpaired) electrons. The number of alkyl halides is 1. The molecule has 4 heteroatoms. The predicted octanol–water partition coefficient (Wildman–Crippen LogP) is 2.62. The highest BCUT2D eigenvalue weighted by Crippen LogP contribution is 2.14. The van der Waals surface area contributed by atoms with E-state index in [2.05, 4.69) is 5.10 Å². The maximum absolute atomic E-state index is 5.68. The van der Waals surface area contributed by atoms with Crippen molar-refractivity contribution in [2.75, 3.05) is 7.11 Å². The molecular formula is C11H11ClN2O. The monoisotopic (exact) mass is 222 g/mol. The quantitative estimate of drug-likeness (QED) is 0.747. The summed E-state index contributed by atoms with van der Waals surface area (Å²) in [5.74, 6) is 1.27. The zero-order chi connectivity index (χ0) is 10.7. The average Bonchev–Trinajstić information content (AvgIpc) is 2.78. The summed E-state index contributed by atoms with van der Waals surface area (Å²) < 4.78 is 6.87. The molecule has 15 heavy (non-hydrogen) atoms. The first kappa shape index (κ1) is 10.1. The van der Waals surface area contributed by atoms with Crippen LogP contribution in [0.4, 0.5) is 0 Å². The number of hydrogen-bond acceptors (Lipinski definition) is 2. The van der Waals surface area contributed by atoms with Crippen LogP contribution >= 0.6 is 11.6 Å². The highest BCUT2D eigenvalue weighted by Gasteiger charge is 2.00. The summed E-state index contributed by atoms with van der Waals surface area (Å²) in [6.45, 7) is 0. The van der Waals surface area contributed by atoms with E-state index in [1.54, 1.807) is 11.8 Å². The summed E-state index contributed by atoms with van der Waals surface area (Å²) in [4.78, 5) is 0. The molecule has 0 aliphatic carbocycles. The molecule has 0 saturated heterocycles. The average molecular weight is 223 g/mol. The van der Waals surface area contributed by atoms with Crippen molar-refractivity contribution in [1.82, 2.24) is 9.78 Å². The van der Waals surface area contributed by atoms with E-state index in [1.807, 2.05) is 36.5 Å². The minimum absolute atomic E-state index is 0.434. The third-order valence-electron chi connectivity index (χ3n) is 2.12. The molecule has 2 rings (SSSR count). The SMILES string of the molecule is COc1ccc(-n2ccc(CCl)n2)cc1. The Hall–Kier alpha value is -1.48. The van der Waals surface area contributed by atoms with Crippen LogP contribution in [0.15, 0.2) is 36.5 Å². The number of aromatic nitrogens is 2. The Kier molecular flexibility index (Phi) is 2.92. The normalized spacial score (nSPS) is 10.3. The largest absolute Gasteiger partial charge is 0.497 e. The number of benzene rings is 1. The van der Waals surface area contributed by atoms with Gasteiger partial charge in [-0.05, 0) is 30.3 Å². The molecule has 0 bridgehead atoms. The lowest BCUT2D eigenvalue weighted by Crippen LogP contribution is -1.95. The molecule has 0 N–H and O–H groups in total. The lowest BCUT2D eigenvalue weighted by molar-refractivity contribution is 0.414. The third kappa shape index (κ3) is 2.13. The fourth-order valence-electron chi connectivity index (χ4n) is 1.31. The van der Waals surface area contributed by atoms with E-state index in [-0.39, 0.29) is 0 Å². The van der Waals surface area contributed by atoms with Crippen LogP contribution in [0.25, 0.3) is 5.69 Å². The molecule has 78 valence electrons. The van der Waals surface area contributed by atoms with Gasteiger partial charge in [0, 0.05) is 6.20 Å². The second kappa shape index (κ2) is 4.36. The van der Waals surface area contributed by atoms with Gasteiger partial charge in [-0.1, -0.05) is 0 Å². The molecule has 0 atom stereocenters. The van der Waals surface area contributed by atoms with E-state index in [0.29, 0.717) is 5.88 Å². The topological polar surface area (TPSA) is 27.1 Å². The lowest BCUT2D eigenvalue weighted by Gasteiger charge is -2.02. The first-order valence-electron chi connectivity index (χ1n) is 4.58. The van der Waals surface area contributed by atoms with Crippen molar-refractivity contribution in [1.29, 1.82) is 0 Å². The van der Waals surface area contributed by atoms with E-state index < -0.39 is 0 Å². The molecule has 2 aromatic rings. The molecule has 0 amide bonds. The van der Waals surface area contributed by atoms with Crippen molar-refractivity contribution in [3.05, 3.63) is 42.2 Å². The minimum Gasteiger partial charge on any atom is -0.497 e. The number of nitrogens with zero attached hydrogens (tertiary/aromatic N) is 2. The highest BCUT2D eigenvalue weighted by molar-refractivity contribution is 6.16. The molecule has 3 nitrogen and oxygen atoms in total. The first-order chi connectivity index (χ1) is 7.33. The van der Waals surface area contributed by atoms with Crippen molar-refractivity contribution in [3.8, 4) is 11.4 Å². The van der Waals surface area contributed by atoms with Gasteiger partial charge in [0.25, 0.3) is 0 Å². The van der Waals surface area contributed by atoms with Gasteiger partial charge in [0.15, 0.2) is 0 Å². The van der Waals surface area contributed by atoms with Gasteiger partial charge in [-0.25, -0.2) is 4.68 Å². The Labute approximate surface area is 93.2 Å². The molecule has 1 aromatic carbocycles. The smallest absolute Gasteiger partial charge is 0.119 e. The number of ether oxygens (including phenoxy) is 1. The van der Waals surface area contributed by atoms with Crippen LogP contribution in [-0.2, 0) is 5.88 Å². The number of rotatable bonds is 3. The Morgan fingerprint density at radius 2 is 2.00 bits per heavy atom. The van der Waals surface area contributed by atoms with Gasteiger partial charge in [0.2, 0.25) is 0 Å². The molecule has 0 aliphatic rings. The van der Waals surface area contributed by atoms with Gasteiger partial charge in [-0.2, -0.15) is 5.10 Å². The summed E-state index contributed by atoms with van der Waals surface area (Å²) in [6.07, 6.45) is 1.89. The standard InChI is InChI=1S/C11H11ClN2O/c1-15-11-4-2-10(3-5-11)14-7-6-9(8-12)13-14/h2-7H,8H2,1H3. The first-order valence-corrected chi connectivity index (χ1v) is 5.12. The fourth-order valence-corrected chi connectivity index (χ4v) is 1.45. The second-order valence-electron chi connectivity index (χ2n) is 3.08. The number of methoxy groups -OCH3 is 1. The van der Waals surface area contributed by atoms with Crippen molar-refractivity contribution >= 4 is 11.6 Å². The molecule has 0 aliphatic heterocycles. The Bertz CT molecular complexity index is 436. The van der Waals surface area contributed by atoms with Crippen molar-refractivity contribution in [3.63, 3.8) is 0 Å². The third-order valence-corrected chi connectivity index (χ3v) is 2.39. The van der Waals surface area contributed by atoms with Crippen molar-refractivity contribution < 1.29 is 4.74 Å². The summed E-state index contributed by atoms with van der Waals surface area (Å²) in [6, 6.07) is 9.60. The summed E-state index contributed by atoms with van der Waals surface area (Å²) >= 11 is 5.68. The van der Waals surface area contributed by atoms with Crippen LogP contribution in [0.1, 0.15) is 5.69 Å². The van der Waals surface area contributed by atoms with E-state index in [0.717, 1.165) is 17.1 Å². The molecule has 1 heterocycles. The molecule has 0 unspecified atom stereocenters. The molecule has 0 saturated carbocycles. The number of halogens is 1. The van der Waals surface area contributed by atoms with Crippen molar-refractivity contribution in [2.45, 2.75) is 5.88 Å². The summed E-state index contributed by atoms with van der Waals surface area (Å²) in [5, 5.41) is 4.30. The van der Waals surface area contributed by atoms with E-state index in [1.165, 1.54) is 0 Å². The van der Waals surface area contributed by atoms with Gasteiger partial charge >= 0.3 is 0 Å². The van der Waals surface area contributed by atoms with Gasteiger partial charge < -0.3 is 4.74 Å². The van der Waals surface area contributed by atoms with Crippen molar-refractivity contribution in [2.24, 2.45) is 0 Å². The maximum Gasteiger partial charge on any atom is 0.119 e. The Morgan fingerprint density at radius 3 is 2.53 bits per heavy atom. The van der Waals surface area contributed by atoms with Crippen LogP contribution in [0.3, 0.4) is 0 Å². The van der Waals surface area contributed by atoms with Crippen LogP contribution in [0.5, 0.6) is 5.75 Å². The Balaban J connectivity index is 2.28.